The Bertz CT molecular complexity index is 4030. The standard InChI is InChI=1S/C68H44N2/c1-4-21-46(22-5-1)67(47-23-6-2-7-24-47)57-32-14-10-28-51(57)54-42-40-49(44-62(54)67)69(48-25-8-3-9-26-48)63-36-17-12-27-50(63)45-39-41-53-52-29-11-15-33-58(52)68(61(53)43-45)59-34-16-19-38-65(59)70-64-37-18-13-30-55(64)56-31-20-35-60(68)66(56)70/h1-44H. The van der Waals surface area contributed by atoms with E-state index < -0.39 is 10.8 Å². The molecule has 0 bridgehead atoms. The van der Waals surface area contributed by atoms with Crippen molar-refractivity contribution >= 4 is 38.9 Å². The van der Waals surface area contributed by atoms with Gasteiger partial charge in [0.05, 0.1) is 33.2 Å². The van der Waals surface area contributed by atoms with Gasteiger partial charge in [0.25, 0.3) is 0 Å². The third-order valence-corrected chi connectivity index (χ3v) is 15.9. The topological polar surface area (TPSA) is 8.17 Å². The SMILES string of the molecule is c1ccc(N(c2ccc3c(c2)C(c2ccccc2)(c2ccccc2)c2ccccc2-3)c2ccccc2-c2ccc3c(c2)C2(c4ccccc4-3)c3ccccc3-n3c4ccccc4c4cccc2c43)cc1. The second-order valence-corrected chi connectivity index (χ2v) is 19.1. The van der Waals surface area contributed by atoms with E-state index in [1.165, 1.54) is 99.8 Å². The van der Waals surface area contributed by atoms with Gasteiger partial charge >= 0.3 is 0 Å². The quantitative estimate of drug-likeness (QED) is 0.161. The zero-order valence-corrected chi connectivity index (χ0v) is 38.3. The molecule has 1 aliphatic heterocycles. The number of rotatable bonds is 6. The smallest absolute Gasteiger partial charge is 0.0754 e. The third-order valence-electron chi connectivity index (χ3n) is 15.9. The highest BCUT2D eigenvalue weighted by Gasteiger charge is 2.51. The molecule has 2 heterocycles. The van der Waals surface area contributed by atoms with Gasteiger partial charge in [-0.15, -0.1) is 0 Å². The fourth-order valence-electron chi connectivity index (χ4n) is 13.2. The van der Waals surface area contributed by atoms with Gasteiger partial charge in [0, 0.05) is 27.7 Å². The molecule has 3 aliphatic rings. The molecule has 0 saturated heterocycles. The zero-order chi connectivity index (χ0) is 46.0. The molecule has 15 rings (SSSR count). The van der Waals surface area contributed by atoms with Gasteiger partial charge in [-0.25, -0.2) is 0 Å². The van der Waals surface area contributed by atoms with Gasteiger partial charge in [0.1, 0.15) is 0 Å². The lowest BCUT2D eigenvalue weighted by atomic mass is 9.65. The van der Waals surface area contributed by atoms with E-state index in [2.05, 4.69) is 276 Å². The minimum absolute atomic E-state index is 0.527. The molecule has 1 aromatic heterocycles. The number of para-hydroxylation sites is 5. The second kappa shape index (κ2) is 14.8. The van der Waals surface area contributed by atoms with Gasteiger partial charge in [-0.05, 0) is 121 Å². The summed E-state index contributed by atoms with van der Waals surface area (Å²) in [6.07, 6.45) is 0. The van der Waals surface area contributed by atoms with E-state index >= 15 is 0 Å². The maximum absolute atomic E-state index is 2.53. The number of fused-ring (bicyclic) bond motifs is 15. The lowest BCUT2D eigenvalue weighted by Crippen LogP contribution is -2.33. The van der Waals surface area contributed by atoms with E-state index in [1.807, 2.05) is 0 Å². The average molecular weight is 889 g/mol. The second-order valence-electron chi connectivity index (χ2n) is 19.1. The Morgan fingerprint density at radius 3 is 1.54 bits per heavy atom. The molecule has 0 amide bonds. The van der Waals surface area contributed by atoms with E-state index in [9.17, 15) is 0 Å². The summed E-state index contributed by atoms with van der Waals surface area (Å²) < 4.78 is 2.53. The van der Waals surface area contributed by atoms with E-state index in [1.54, 1.807) is 0 Å². The van der Waals surface area contributed by atoms with Crippen LogP contribution in [-0.4, -0.2) is 4.57 Å². The maximum atomic E-state index is 2.53. The molecule has 70 heavy (non-hydrogen) atoms. The first-order chi connectivity index (χ1) is 34.8. The Morgan fingerprint density at radius 2 is 0.814 bits per heavy atom. The number of nitrogens with zero attached hydrogens (tertiary/aromatic N) is 2. The van der Waals surface area contributed by atoms with Crippen molar-refractivity contribution in [2.45, 2.75) is 10.8 Å². The fraction of sp³-hybridized carbons (Fsp3) is 0.0294. The Hall–Kier alpha value is -8.98. The first kappa shape index (κ1) is 39.1. The Kier molecular flexibility index (Phi) is 8.24. The van der Waals surface area contributed by atoms with Crippen molar-refractivity contribution in [2.75, 3.05) is 4.90 Å². The van der Waals surface area contributed by atoms with Crippen LogP contribution in [0.25, 0.3) is 60.9 Å². The van der Waals surface area contributed by atoms with E-state index in [0.29, 0.717) is 0 Å². The molecule has 2 heteroatoms. The summed E-state index contributed by atoms with van der Waals surface area (Å²) in [7, 11) is 0. The average Bonchev–Trinajstić information content (AvgIpc) is 4.04. The van der Waals surface area contributed by atoms with Crippen molar-refractivity contribution in [3.8, 4) is 39.1 Å². The van der Waals surface area contributed by atoms with Crippen molar-refractivity contribution in [1.82, 2.24) is 4.57 Å². The summed E-state index contributed by atoms with van der Waals surface area (Å²) in [5.74, 6) is 0. The van der Waals surface area contributed by atoms with Crippen molar-refractivity contribution < 1.29 is 0 Å². The molecule has 326 valence electrons. The van der Waals surface area contributed by atoms with Gasteiger partial charge in [-0.3, -0.25) is 0 Å². The highest BCUT2D eigenvalue weighted by atomic mass is 15.1. The van der Waals surface area contributed by atoms with Gasteiger partial charge in [-0.1, -0.05) is 218 Å². The summed E-state index contributed by atoms with van der Waals surface area (Å²) in [6.45, 7) is 0. The van der Waals surface area contributed by atoms with Crippen LogP contribution >= 0.6 is 0 Å². The van der Waals surface area contributed by atoms with Crippen LogP contribution in [0.1, 0.15) is 44.5 Å². The molecule has 1 spiro atoms. The molecule has 12 aromatic rings. The summed E-state index contributed by atoms with van der Waals surface area (Å²) >= 11 is 0. The number of benzene rings is 11. The van der Waals surface area contributed by atoms with Crippen LogP contribution in [-0.2, 0) is 10.8 Å². The van der Waals surface area contributed by atoms with Crippen LogP contribution in [0.2, 0.25) is 0 Å². The Morgan fingerprint density at radius 1 is 0.300 bits per heavy atom. The largest absolute Gasteiger partial charge is 0.310 e. The summed E-state index contributed by atoms with van der Waals surface area (Å²) in [4.78, 5) is 2.48. The van der Waals surface area contributed by atoms with Crippen molar-refractivity contribution in [2.24, 2.45) is 0 Å². The monoisotopic (exact) mass is 888 g/mol. The first-order valence-corrected chi connectivity index (χ1v) is 24.4. The summed E-state index contributed by atoms with van der Waals surface area (Å²) in [5, 5.41) is 2.57. The zero-order valence-electron chi connectivity index (χ0n) is 38.3. The lowest BCUT2D eigenvalue weighted by molar-refractivity contribution is 0.749. The van der Waals surface area contributed by atoms with Crippen LogP contribution in [0.5, 0.6) is 0 Å². The van der Waals surface area contributed by atoms with Crippen LogP contribution in [0, 0.1) is 0 Å². The van der Waals surface area contributed by atoms with Crippen molar-refractivity contribution in [1.29, 1.82) is 0 Å². The van der Waals surface area contributed by atoms with Crippen LogP contribution in [0.15, 0.2) is 267 Å². The highest BCUT2D eigenvalue weighted by molar-refractivity contribution is 6.13. The summed E-state index contributed by atoms with van der Waals surface area (Å²) in [6, 6.07) is 99.8. The molecule has 0 saturated carbocycles. The molecule has 2 aliphatic carbocycles. The molecule has 11 aromatic carbocycles. The maximum Gasteiger partial charge on any atom is 0.0754 e. The van der Waals surface area contributed by atoms with E-state index in [0.717, 1.165) is 22.6 Å². The Labute approximate surface area is 407 Å². The van der Waals surface area contributed by atoms with Gasteiger partial charge in [0.2, 0.25) is 0 Å². The molecule has 0 radical (unpaired) electrons. The molecular weight excluding hydrogens is 845 g/mol. The lowest BCUT2D eigenvalue weighted by Gasteiger charge is -2.39. The summed E-state index contributed by atoms with van der Waals surface area (Å²) in [5.41, 5.74) is 23.8. The molecule has 1 atom stereocenters. The first-order valence-electron chi connectivity index (χ1n) is 24.4. The minimum Gasteiger partial charge on any atom is -0.310 e. The molecule has 1 unspecified atom stereocenters. The fourth-order valence-corrected chi connectivity index (χ4v) is 13.2. The number of anilines is 3. The number of aromatic nitrogens is 1. The van der Waals surface area contributed by atoms with E-state index in [-0.39, 0.29) is 0 Å². The minimum atomic E-state index is -0.552. The molecule has 0 fully saturated rings. The van der Waals surface area contributed by atoms with E-state index in [4.69, 9.17) is 0 Å². The number of hydrogen-bond acceptors (Lipinski definition) is 1. The molecular formula is C68H44N2. The molecule has 2 nitrogen and oxygen atoms in total. The van der Waals surface area contributed by atoms with Crippen LogP contribution in [0.3, 0.4) is 0 Å². The van der Waals surface area contributed by atoms with Crippen molar-refractivity contribution in [3.05, 3.63) is 311 Å². The Balaban J connectivity index is 0.976. The van der Waals surface area contributed by atoms with Crippen LogP contribution < -0.4 is 4.90 Å². The van der Waals surface area contributed by atoms with Gasteiger partial charge < -0.3 is 9.47 Å². The number of hydrogen-bond donors (Lipinski definition) is 0. The normalized spacial score (nSPS) is 15.3. The molecule has 0 N–H and O–H groups in total. The van der Waals surface area contributed by atoms with Crippen LogP contribution in [0.4, 0.5) is 17.1 Å². The van der Waals surface area contributed by atoms with Gasteiger partial charge in [-0.2, -0.15) is 0 Å². The van der Waals surface area contributed by atoms with Gasteiger partial charge in [0.15, 0.2) is 0 Å². The van der Waals surface area contributed by atoms with Crippen molar-refractivity contribution in [3.63, 3.8) is 0 Å². The predicted octanol–water partition coefficient (Wildman–Crippen LogP) is 17.0. The highest BCUT2D eigenvalue weighted by Crippen LogP contribution is 2.62. The predicted molar refractivity (Wildman–Crippen MR) is 289 cm³/mol. The third kappa shape index (κ3) is 5.07.